The van der Waals surface area contributed by atoms with E-state index in [0.717, 1.165) is 24.6 Å². The Morgan fingerprint density at radius 2 is 0.941 bits per heavy atom. The molecule has 0 aliphatic carbocycles. The molecule has 4 rings (SSSR count). The van der Waals surface area contributed by atoms with Crippen molar-refractivity contribution in [3.63, 3.8) is 0 Å². The molecule has 13 nitrogen and oxygen atoms in total. The molecule has 0 aliphatic heterocycles. The Hall–Kier alpha value is -4.42. The van der Waals surface area contributed by atoms with Crippen molar-refractivity contribution >= 4 is 68.1 Å². The number of aliphatic imine (C=N–C) groups is 1. The molecule has 18 heteroatoms. The second-order valence-corrected chi connectivity index (χ2v) is 19.1. The lowest BCUT2D eigenvalue weighted by Gasteiger charge is -2.14. The fourth-order valence-electron chi connectivity index (χ4n) is 4.80. The second kappa shape index (κ2) is 15.9. The number of rotatable bonds is 10. The van der Waals surface area contributed by atoms with Crippen LogP contribution in [0.15, 0.2) is 119 Å². The molecule has 0 saturated heterocycles. The third-order valence-corrected chi connectivity index (χ3v) is 13.6. The minimum Gasteiger partial charge on any atom is -0.370 e. The molecule has 0 fully saturated rings. The number of sulfone groups is 4. The van der Waals surface area contributed by atoms with Gasteiger partial charge in [-0.2, -0.15) is 4.99 Å². The van der Waals surface area contributed by atoms with E-state index in [-0.39, 0.29) is 32.2 Å². The van der Waals surface area contributed by atoms with E-state index in [1.54, 1.807) is 38.1 Å². The van der Waals surface area contributed by atoms with E-state index in [4.69, 9.17) is 23.1 Å². The normalized spacial score (nSPS) is 11.9. The average molecular weight is 796 g/mol. The van der Waals surface area contributed by atoms with E-state index in [9.17, 15) is 43.3 Å². The van der Waals surface area contributed by atoms with Crippen molar-refractivity contribution < 1.29 is 43.3 Å². The molecule has 0 radical (unpaired) electrons. The highest BCUT2D eigenvalue weighted by Crippen LogP contribution is 2.32. The summed E-state index contributed by atoms with van der Waals surface area (Å²) in [6.45, 7) is 3.42. The predicted molar refractivity (Wildman–Crippen MR) is 192 cm³/mol. The van der Waals surface area contributed by atoms with Crippen LogP contribution in [0.5, 0.6) is 0 Å². The third-order valence-electron chi connectivity index (χ3n) is 7.26. The summed E-state index contributed by atoms with van der Waals surface area (Å²) < 4.78 is 100. The molecular formula is C33H34ClN3O10S4. The molecule has 4 N–H and O–H groups in total. The first-order valence-electron chi connectivity index (χ1n) is 14.7. The number of nitrogens with two attached hydrogens (primary N) is 2. The first-order valence-corrected chi connectivity index (χ1v) is 21.9. The van der Waals surface area contributed by atoms with Crippen molar-refractivity contribution in [1.29, 1.82) is 0 Å². The zero-order chi connectivity index (χ0) is 38.5. The van der Waals surface area contributed by atoms with Gasteiger partial charge in [-0.3, -0.25) is 9.59 Å². The van der Waals surface area contributed by atoms with Gasteiger partial charge in [-0.05, 0) is 84.1 Å². The largest absolute Gasteiger partial charge is 0.370 e. The lowest BCUT2D eigenvalue weighted by Crippen LogP contribution is -2.24. The molecule has 272 valence electrons. The van der Waals surface area contributed by atoms with Crippen LogP contribution in [0.4, 0.5) is 0 Å². The summed E-state index contributed by atoms with van der Waals surface area (Å²) in [6, 6.07) is 19.4. The van der Waals surface area contributed by atoms with Crippen LogP contribution in [-0.2, 0) is 52.2 Å². The van der Waals surface area contributed by atoms with Gasteiger partial charge < -0.3 is 11.5 Å². The van der Waals surface area contributed by atoms with Gasteiger partial charge in [0, 0.05) is 23.6 Å². The molecule has 4 aromatic rings. The first kappa shape index (κ1) is 41.0. The van der Waals surface area contributed by atoms with Gasteiger partial charge in [-0.1, -0.05) is 50.2 Å². The Labute approximate surface area is 302 Å². The summed E-state index contributed by atoms with van der Waals surface area (Å²) >= 11 is 5.51. The first-order chi connectivity index (χ1) is 23.6. The molecule has 0 aliphatic rings. The van der Waals surface area contributed by atoms with Crippen LogP contribution in [0.25, 0.3) is 0 Å². The van der Waals surface area contributed by atoms with Crippen molar-refractivity contribution in [2.24, 2.45) is 16.5 Å². The zero-order valence-corrected chi connectivity index (χ0v) is 31.7. The molecule has 0 bridgehead atoms. The van der Waals surface area contributed by atoms with Crippen molar-refractivity contribution in [2.75, 3.05) is 12.5 Å². The summed E-state index contributed by atoms with van der Waals surface area (Å²) in [6.07, 6.45) is 2.35. The molecule has 0 atom stereocenters. The number of hydrogen-bond acceptors (Lipinski definition) is 10. The van der Waals surface area contributed by atoms with Crippen molar-refractivity contribution in [2.45, 2.75) is 56.1 Å². The Bertz CT molecular complexity index is 2470. The van der Waals surface area contributed by atoms with E-state index in [1.165, 1.54) is 48.5 Å². The molecule has 4 aromatic carbocycles. The number of guanidine groups is 1. The van der Waals surface area contributed by atoms with Crippen LogP contribution < -0.4 is 11.5 Å². The van der Waals surface area contributed by atoms with E-state index < -0.39 is 71.1 Å². The molecule has 0 spiro atoms. The molecular weight excluding hydrogens is 762 g/mol. The summed E-state index contributed by atoms with van der Waals surface area (Å²) in [5.41, 5.74) is 11.0. The van der Waals surface area contributed by atoms with Gasteiger partial charge in [0.1, 0.15) is 0 Å². The number of carbonyl (C=O) groups is 2. The highest BCUT2D eigenvalue weighted by molar-refractivity contribution is 7.94. The third kappa shape index (κ3) is 9.48. The van der Waals surface area contributed by atoms with Gasteiger partial charge in [-0.25, -0.2) is 33.7 Å². The van der Waals surface area contributed by atoms with Gasteiger partial charge in [-0.15, -0.1) is 0 Å². The Morgan fingerprint density at radius 1 is 0.588 bits per heavy atom. The lowest BCUT2D eigenvalue weighted by atomic mass is 10.0. The van der Waals surface area contributed by atoms with Gasteiger partial charge in [0.2, 0.25) is 19.7 Å². The quantitative estimate of drug-likeness (QED) is 0.133. The van der Waals surface area contributed by atoms with Gasteiger partial charge >= 0.3 is 0 Å². The van der Waals surface area contributed by atoms with Crippen LogP contribution in [-0.4, -0.2) is 63.3 Å². The second-order valence-electron chi connectivity index (χ2n) is 10.9. The highest BCUT2D eigenvalue weighted by Gasteiger charge is 2.30. The van der Waals surface area contributed by atoms with Crippen molar-refractivity contribution in [1.82, 2.24) is 0 Å². The van der Waals surface area contributed by atoms with Gasteiger partial charge in [0.25, 0.3) is 11.1 Å². The SMILES string of the molecule is CCc1cc(S(=O)(=O)c2ccccc2)c(S(C)(=O)=O)cc1C(=O)Cl.CCc1cc(S(=O)(=O)c2ccccc2)c(S(C)(=O)=O)cc1C(=O)N=C(N)N. The monoisotopic (exact) mass is 795 g/mol. The smallest absolute Gasteiger partial charge is 0.280 e. The lowest BCUT2D eigenvalue weighted by molar-refractivity contribution is 0.100. The summed E-state index contributed by atoms with van der Waals surface area (Å²) in [5, 5.41) is -0.833. The topological polar surface area (TPSA) is 235 Å². The predicted octanol–water partition coefficient (Wildman–Crippen LogP) is 3.76. The highest BCUT2D eigenvalue weighted by atomic mass is 35.5. The standard InChI is InChI=1S/C17H19N3O5S2.C16H15ClO5S2/c1-3-11-9-15(27(24,25)12-7-5-4-6-8-12)14(26(2,22)23)10-13(11)16(21)20-17(18)19;1-3-11-9-15(24(21,22)12-7-5-4-6-8-12)14(23(2,19)20)10-13(11)16(17)18/h4-10H,3H2,1-2H3,(H4,18,19,20,21);4-10H,3H2,1-2H3. The number of hydrogen-bond donors (Lipinski definition) is 2. The van der Waals surface area contributed by atoms with Crippen molar-refractivity contribution in [3.05, 3.63) is 107 Å². The Morgan fingerprint density at radius 3 is 1.25 bits per heavy atom. The van der Waals surface area contributed by atoms with E-state index in [0.29, 0.717) is 17.5 Å². The number of amides is 1. The van der Waals surface area contributed by atoms with E-state index in [2.05, 4.69) is 4.99 Å². The van der Waals surface area contributed by atoms with Crippen molar-refractivity contribution in [3.8, 4) is 0 Å². The Kier molecular flexibility index (Phi) is 12.7. The summed E-state index contributed by atoms with van der Waals surface area (Å²) in [7, 11) is -16.1. The van der Waals surface area contributed by atoms with Gasteiger partial charge in [0.05, 0.1) is 29.4 Å². The van der Waals surface area contributed by atoms with Crippen LogP contribution in [0.3, 0.4) is 0 Å². The molecule has 0 heterocycles. The fraction of sp³-hybridized carbons (Fsp3) is 0.182. The van der Waals surface area contributed by atoms with Crippen LogP contribution in [0.1, 0.15) is 45.7 Å². The number of halogens is 1. The van der Waals surface area contributed by atoms with Crippen LogP contribution in [0, 0.1) is 0 Å². The zero-order valence-electron chi connectivity index (χ0n) is 27.7. The average Bonchev–Trinajstić information content (AvgIpc) is 3.06. The molecule has 0 aromatic heterocycles. The summed E-state index contributed by atoms with van der Waals surface area (Å²) in [4.78, 5) is 25.5. The van der Waals surface area contributed by atoms with E-state index in [1.807, 2.05) is 0 Å². The maximum absolute atomic E-state index is 13.0. The fourth-order valence-corrected chi connectivity index (χ4v) is 10.8. The van der Waals surface area contributed by atoms with Crippen LogP contribution in [0.2, 0.25) is 0 Å². The van der Waals surface area contributed by atoms with E-state index >= 15 is 0 Å². The number of nitrogens with zero attached hydrogens (tertiary/aromatic N) is 1. The minimum absolute atomic E-state index is 0.00777. The molecule has 0 unspecified atom stereocenters. The maximum atomic E-state index is 13.0. The molecule has 0 saturated carbocycles. The molecule has 51 heavy (non-hydrogen) atoms. The number of carbonyl (C=O) groups excluding carboxylic acids is 2. The number of aryl methyl sites for hydroxylation is 2. The summed E-state index contributed by atoms with van der Waals surface area (Å²) in [5.74, 6) is -1.33. The maximum Gasteiger partial charge on any atom is 0.280 e. The molecule has 1 amide bonds. The number of benzene rings is 4. The minimum atomic E-state index is -4.13. The van der Waals surface area contributed by atoms with Crippen LogP contribution >= 0.6 is 11.6 Å². The van der Waals surface area contributed by atoms with Gasteiger partial charge in [0.15, 0.2) is 25.6 Å². The Balaban J connectivity index is 0.000000277.